The van der Waals surface area contributed by atoms with Gasteiger partial charge in [0.1, 0.15) is 0 Å². The molecule has 2 amide bonds. The standard InChI is InChI=1S/C14H24N2O4/c1-2-19-14(18)16-7-3-5-11(10-16)13(17)15-9-12-6-4-8-20-12/h11-12H,2-10H2,1H3,(H,15,17). The maximum Gasteiger partial charge on any atom is 0.409 e. The molecule has 2 rings (SSSR count). The Hall–Kier alpha value is -1.30. The minimum absolute atomic E-state index is 0.0227. The topological polar surface area (TPSA) is 67.9 Å². The van der Waals surface area contributed by atoms with Gasteiger partial charge < -0.3 is 19.7 Å². The molecule has 0 aromatic carbocycles. The quantitative estimate of drug-likeness (QED) is 0.841. The number of nitrogens with one attached hydrogen (secondary N) is 1. The van der Waals surface area contributed by atoms with E-state index in [2.05, 4.69) is 5.32 Å². The lowest BCUT2D eigenvalue weighted by molar-refractivity contribution is -0.126. The van der Waals surface area contributed by atoms with Crippen LogP contribution in [0.25, 0.3) is 0 Å². The minimum atomic E-state index is -0.316. The van der Waals surface area contributed by atoms with Crippen LogP contribution < -0.4 is 5.32 Å². The van der Waals surface area contributed by atoms with E-state index in [0.29, 0.717) is 26.2 Å². The summed E-state index contributed by atoms with van der Waals surface area (Å²) >= 11 is 0. The molecule has 2 fully saturated rings. The van der Waals surface area contributed by atoms with Gasteiger partial charge in [-0.25, -0.2) is 4.79 Å². The lowest BCUT2D eigenvalue weighted by Crippen LogP contribution is -2.46. The smallest absolute Gasteiger partial charge is 0.409 e. The van der Waals surface area contributed by atoms with E-state index < -0.39 is 0 Å². The van der Waals surface area contributed by atoms with Crippen LogP contribution in [0.1, 0.15) is 32.6 Å². The summed E-state index contributed by atoms with van der Waals surface area (Å²) < 4.78 is 10.5. The minimum Gasteiger partial charge on any atom is -0.450 e. The monoisotopic (exact) mass is 284 g/mol. The first kappa shape index (κ1) is 15.1. The van der Waals surface area contributed by atoms with E-state index in [1.165, 1.54) is 0 Å². The van der Waals surface area contributed by atoms with Gasteiger partial charge in [0.05, 0.1) is 18.6 Å². The number of likely N-dealkylation sites (tertiary alicyclic amines) is 1. The van der Waals surface area contributed by atoms with E-state index in [-0.39, 0.29) is 24.0 Å². The first-order chi connectivity index (χ1) is 9.70. The molecule has 6 nitrogen and oxygen atoms in total. The zero-order valence-electron chi connectivity index (χ0n) is 12.1. The fourth-order valence-electron chi connectivity index (χ4n) is 2.74. The van der Waals surface area contributed by atoms with E-state index in [1.54, 1.807) is 11.8 Å². The average Bonchev–Trinajstić information content (AvgIpc) is 2.98. The van der Waals surface area contributed by atoms with Crippen LogP contribution in [-0.4, -0.2) is 55.9 Å². The Morgan fingerprint density at radius 1 is 1.35 bits per heavy atom. The predicted octanol–water partition coefficient (Wildman–Crippen LogP) is 1.15. The second kappa shape index (κ2) is 7.47. The maximum absolute atomic E-state index is 12.1. The zero-order valence-corrected chi connectivity index (χ0v) is 12.1. The van der Waals surface area contributed by atoms with Gasteiger partial charge in [-0.3, -0.25) is 4.79 Å². The van der Waals surface area contributed by atoms with Crippen LogP contribution in [0.4, 0.5) is 4.79 Å². The third-order valence-electron chi connectivity index (χ3n) is 3.85. The fourth-order valence-corrected chi connectivity index (χ4v) is 2.74. The number of ether oxygens (including phenoxy) is 2. The summed E-state index contributed by atoms with van der Waals surface area (Å²) in [6.45, 7) is 4.65. The molecule has 2 saturated heterocycles. The Labute approximate surface area is 119 Å². The van der Waals surface area contributed by atoms with E-state index in [0.717, 1.165) is 32.3 Å². The number of carbonyl (C=O) groups is 2. The van der Waals surface area contributed by atoms with Crippen LogP contribution in [0.15, 0.2) is 0 Å². The highest BCUT2D eigenvalue weighted by Gasteiger charge is 2.29. The predicted molar refractivity (Wildman–Crippen MR) is 73.3 cm³/mol. The second-order valence-electron chi connectivity index (χ2n) is 5.36. The van der Waals surface area contributed by atoms with Crippen LogP contribution in [0.5, 0.6) is 0 Å². The highest BCUT2D eigenvalue weighted by atomic mass is 16.6. The number of hydrogen-bond acceptors (Lipinski definition) is 4. The first-order valence-electron chi connectivity index (χ1n) is 7.51. The molecule has 0 aromatic heterocycles. The summed E-state index contributed by atoms with van der Waals surface area (Å²) in [5.41, 5.74) is 0. The molecule has 0 radical (unpaired) electrons. The van der Waals surface area contributed by atoms with Crippen molar-refractivity contribution in [3.05, 3.63) is 0 Å². The van der Waals surface area contributed by atoms with Gasteiger partial charge in [0, 0.05) is 26.2 Å². The first-order valence-corrected chi connectivity index (χ1v) is 7.51. The van der Waals surface area contributed by atoms with Crippen LogP contribution >= 0.6 is 0 Å². The molecule has 2 aliphatic rings. The van der Waals surface area contributed by atoms with Crippen LogP contribution in [0.2, 0.25) is 0 Å². The Kier molecular flexibility index (Phi) is 5.64. The van der Waals surface area contributed by atoms with Crippen molar-refractivity contribution >= 4 is 12.0 Å². The number of piperidine rings is 1. The molecule has 0 spiro atoms. The summed E-state index contributed by atoms with van der Waals surface area (Å²) in [4.78, 5) is 25.4. The third-order valence-corrected chi connectivity index (χ3v) is 3.85. The Balaban J connectivity index is 1.75. The van der Waals surface area contributed by atoms with Gasteiger partial charge in [0.25, 0.3) is 0 Å². The van der Waals surface area contributed by atoms with Gasteiger partial charge in [0.15, 0.2) is 0 Å². The normalized spacial score (nSPS) is 26.4. The lowest BCUT2D eigenvalue weighted by Gasteiger charge is -2.31. The van der Waals surface area contributed by atoms with E-state index in [1.807, 2.05) is 0 Å². The van der Waals surface area contributed by atoms with Crippen molar-refractivity contribution in [2.75, 3.05) is 32.8 Å². The molecule has 2 heterocycles. The molecule has 2 unspecified atom stereocenters. The van der Waals surface area contributed by atoms with Crippen molar-refractivity contribution in [3.8, 4) is 0 Å². The number of carbonyl (C=O) groups excluding carboxylic acids is 2. The molecule has 0 aromatic rings. The summed E-state index contributed by atoms with van der Waals surface area (Å²) in [5.74, 6) is -0.107. The van der Waals surface area contributed by atoms with E-state index >= 15 is 0 Å². The molecule has 6 heteroatoms. The van der Waals surface area contributed by atoms with Gasteiger partial charge in [-0.2, -0.15) is 0 Å². The molecule has 2 atom stereocenters. The van der Waals surface area contributed by atoms with Gasteiger partial charge in [-0.15, -0.1) is 0 Å². The molecule has 20 heavy (non-hydrogen) atoms. The van der Waals surface area contributed by atoms with Crippen molar-refractivity contribution in [2.24, 2.45) is 5.92 Å². The molecule has 0 aliphatic carbocycles. The Morgan fingerprint density at radius 2 is 2.20 bits per heavy atom. The summed E-state index contributed by atoms with van der Waals surface area (Å²) in [6.07, 6.45) is 3.60. The van der Waals surface area contributed by atoms with Crippen molar-refractivity contribution in [2.45, 2.75) is 38.7 Å². The number of amides is 2. The molecule has 0 bridgehead atoms. The molecular weight excluding hydrogens is 260 g/mol. The highest BCUT2D eigenvalue weighted by molar-refractivity contribution is 5.80. The Bertz CT molecular complexity index is 342. The van der Waals surface area contributed by atoms with Crippen molar-refractivity contribution < 1.29 is 19.1 Å². The second-order valence-corrected chi connectivity index (χ2v) is 5.36. The molecule has 114 valence electrons. The van der Waals surface area contributed by atoms with Crippen LogP contribution in [-0.2, 0) is 14.3 Å². The number of nitrogens with zero attached hydrogens (tertiary/aromatic N) is 1. The zero-order chi connectivity index (χ0) is 14.4. The maximum atomic E-state index is 12.1. The van der Waals surface area contributed by atoms with Gasteiger partial charge in [0.2, 0.25) is 5.91 Å². The van der Waals surface area contributed by atoms with Crippen molar-refractivity contribution in [1.29, 1.82) is 0 Å². The summed E-state index contributed by atoms with van der Waals surface area (Å²) in [6, 6.07) is 0. The average molecular weight is 284 g/mol. The number of hydrogen-bond donors (Lipinski definition) is 1. The van der Waals surface area contributed by atoms with E-state index in [4.69, 9.17) is 9.47 Å². The Morgan fingerprint density at radius 3 is 2.90 bits per heavy atom. The third kappa shape index (κ3) is 4.10. The van der Waals surface area contributed by atoms with Crippen LogP contribution in [0, 0.1) is 5.92 Å². The fraction of sp³-hybridized carbons (Fsp3) is 0.857. The molecule has 1 N–H and O–H groups in total. The summed E-state index contributed by atoms with van der Waals surface area (Å²) in [5, 5.41) is 2.94. The SMILES string of the molecule is CCOC(=O)N1CCCC(C(=O)NCC2CCCO2)C1. The van der Waals surface area contributed by atoms with Crippen molar-refractivity contribution in [1.82, 2.24) is 10.2 Å². The van der Waals surface area contributed by atoms with E-state index in [9.17, 15) is 9.59 Å². The van der Waals surface area contributed by atoms with Gasteiger partial charge >= 0.3 is 6.09 Å². The van der Waals surface area contributed by atoms with Crippen molar-refractivity contribution in [3.63, 3.8) is 0 Å². The molecule has 0 saturated carbocycles. The molecule has 2 aliphatic heterocycles. The van der Waals surface area contributed by atoms with Gasteiger partial charge in [-0.1, -0.05) is 0 Å². The number of rotatable bonds is 4. The van der Waals surface area contributed by atoms with Gasteiger partial charge in [-0.05, 0) is 32.6 Å². The lowest BCUT2D eigenvalue weighted by atomic mass is 9.97. The van der Waals surface area contributed by atoms with Crippen LogP contribution in [0.3, 0.4) is 0 Å². The molecular formula is C14H24N2O4. The summed E-state index contributed by atoms with van der Waals surface area (Å²) in [7, 11) is 0. The largest absolute Gasteiger partial charge is 0.450 e. The highest BCUT2D eigenvalue weighted by Crippen LogP contribution is 2.18.